The van der Waals surface area contributed by atoms with Crippen LogP contribution in [0.2, 0.25) is 5.28 Å². The molecule has 0 amide bonds. The third-order valence-corrected chi connectivity index (χ3v) is 3.31. The predicted octanol–water partition coefficient (Wildman–Crippen LogP) is 5.13. The van der Waals surface area contributed by atoms with Crippen LogP contribution < -0.4 is 11.1 Å². The molecule has 1 heterocycles. The van der Waals surface area contributed by atoms with Crippen LogP contribution in [-0.2, 0) is 0 Å². The maximum Gasteiger partial charge on any atom is 0.224 e. The molecule has 24 heavy (non-hydrogen) atoms. The number of aromatic nitrogens is 2. The highest BCUT2D eigenvalue weighted by molar-refractivity contribution is 6.28. The van der Waals surface area contributed by atoms with Crippen LogP contribution in [-0.4, -0.2) is 9.97 Å². The van der Waals surface area contributed by atoms with Crippen LogP contribution in [0.4, 0.5) is 21.6 Å². The van der Waals surface area contributed by atoms with Crippen molar-refractivity contribution in [3.63, 3.8) is 0 Å². The van der Waals surface area contributed by atoms with Crippen molar-refractivity contribution in [3.8, 4) is 0 Å². The number of hydrogen-bond donors (Lipinski definition) is 2. The van der Waals surface area contributed by atoms with E-state index in [-0.39, 0.29) is 11.0 Å². The molecule has 0 unspecified atom stereocenters. The predicted molar refractivity (Wildman–Crippen MR) is 98.7 cm³/mol. The molecule has 4 nitrogen and oxygen atoms in total. The van der Waals surface area contributed by atoms with Gasteiger partial charge in [-0.1, -0.05) is 30.4 Å². The number of allylic oxidation sites excluding steroid dienone is 5. The average molecular weight is 345 g/mol. The summed E-state index contributed by atoms with van der Waals surface area (Å²) in [6.07, 6.45) is 7.06. The van der Waals surface area contributed by atoms with Crippen molar-refractivity contribution in [1.29, 1.82) is 0 Å². The largest absolute Gasteiger partial charge is 0.399 e. The Kier molecular flexibility index (Phi) is 5.71. The van der Waals surface area contributed by atoms with Gasteiger partial charge in [-0.25, -0.2) is 9.37 Å². The van der Waals surface area contributed by atoms with E-state index >= 15 is 0 Å². The van der Waals surface area contributed by atoms with Crippen LogP contribution in [0.5, 0.6) is 0 Å². The molecular weight excluding hydrogens is 327 g/mol. The van der Waals surface area contributed by atoms with E-state index in [1.54, 1.807) is 12.3 Å². The highest BCUT2D eigenvalue weighted by Gasteiger charge is 2.12. The minimum Gasteiger partial charge on any atom is -0.399 e. The third kappa shape index (κ3) is 4.43. The Morgan fingerprint density at radius 3 is 2.75 bits per heavy atom. The van der Waals surface area contributed by atoms with E-state index < -0.39 is 5.82 Å². The molecule has 124 valence electrons. The lowest BCUT2D eigenvalue weighted by atomic mass is 10.1. The Hall–Kier alpha value is -2.66. The van der Waals surface area contributed by atoms with E-state index in [9.17, 15) is 4.39 Å². The Morgan fingerprint density at radius 2 is 2.08 bits per heavy atom. The monoisotopic (exact) mass is 344 g/mol. The Bertz CT molecular complexity index is 824. The molecule has 3 N–H and O–H groups in total. The van der Waals surface area contributed by atoms with Gasteiger partial charge in [-0.3, -0.25) is 0 Å². The Balaban J connectivity index is 2.51. The standard InChI is InChI=1S/C18H18ClFN4/c1-4-12(6-5-11(2)3)14-10-22-18(19)24-17(14)23-16-9-13(21)7-8-15(16)20/h4-10H,1,21H2,2-3H3,(H,22,23,24)/b12-6+. The topological polar surface area (TPSA) is 63.8 Å². The van der Waals surface area contributed by atoms with E-state index in [4.69, 9.17) is 17.3 Å². The number of benzene rings is 1. The van der Waals surface area contributed by atoms with E-state index in [1.165, 1.54) is 18.2 Å². The third-order valence-electron chi connectivity index (χ3n) is 3.13. The van der Waals surface area contributed by atoms with Crippen molar-refractivity contribution in [2.24, 2.45) is 0 Å². The second-order valence-corrected chi connectivity index (χ2v) is 5.67. The summed E-state index contributed by atoms with van der Waals surface area (Å²) in [5, 5.41) is 2.98. The number of nitrogens with two attached hydrogens (primary N) is 1. The van der Waals surface area contributed by atoms with Gasteiger partial charge < -0.3 is 11.1 Å². The highest BCUT2D eigenvalue weighted by Crippen LogP contribution is 2.28. The molecule has 0 saturated carbocycles. The normalized spacial score (nSPS) is 11.1. The van der Waals surface area contributed by atoms with Gasteiger partial charge in [-0.05, 0) is 49.2 Å². The summed E-state index contributed by atoms with van der Waals surface area (Å²) in [6, 6.07) is 4.26. The van der Waals surface area contributed by atoms with Crippen molar-refractivity contribution >= 4 is 34.4 Å². The smallest absolute Gasteiger partial charge is 0.224 e. The molecule has 0 bridgehead atoms. The van der Waals surface area contributed by atoms with Gasteiger partial charge in [0.15, 0.2) is 0 Å². The van der Waals surface area contributed by atoms with Crippen LogP contribution in [0.15, 0.2) is 54.8 Å². The number of rotatable bonds is 5. The number of nitrogens with zero attached hydrogens (tertiary/aromatic N) is 2. The first kappa shape index (κ1) is 17.7. The van der Waals surface area contributed by atoms with Crippen molar-refractivity contribution in [3.05, 3.63) is 71.4 Å². The van der Waals surface area contributed by atoms with Gasteiger partial charge in [0.1, 0.15) is 11.6 Å². The van der Waals surface area contributed by atoms with Crippen molar-refractivity contribution in [2.45, 2.75) is 13.8 Å². The van der Waals surface area contributed by atoms with Gasteiger partial charge in [0.05, 0.1) is 5.69 Å². The molecule has 2 rings (SSSR count). The number of nitrogen functional groups attached to an aromatic ring is 1. The van der Waals surface area contributed by atoms with E-state index in [2.05, 4.69) is 21.9 Å². The first-order valence-corrected chi connectivity index (χ1v) is 7.61. The van der Waals surface area contributed by atoms with E-state index in [1.807, 2.05) is 26.0 Å². The maximum absolute atomic E-state index is 14.0. The lowest BCUT2D eigenvalue weighted by Gasteiger charge is -2.12. The summed E-state index contributed by atoms with van der Waals surface area (Å²) < 4.78 is 14.0. The molecule has 0 aliphatic carbocycles. The summed E-state index contributed by atoms with van der Waals surface area (Å²) >= 11 is 5.89. The lowest BCUT2D eigenvalue weighted by Crippen LogP contribution is -2.02. The van der Waals surface area contributed by atoms with E-state index in [0.717, 1.165) is 11.1 Å². The summed E-state index contributed by atoms with van der Waals surface area (Å²) in [5.74, 6) is -0.0777. The summed E-state index contributed by atoms with van der Waals surface area (Å²) in [6.45, 7) is 7.78. The molecule has 0 saturated heterocycles. The zero-order valence-electron chi connectivity index (χ0n) is 13.5. The molecular formula is C18H18ClFN4. The van der Waals surface area contributed by atoms with Gasteiger partial charge in [0, 0.05) is 17.4 Å². The van der Waals surface area contributed by atoms with Crippen molar-refractivity contribution in [1.82, 2.24) is 9.97 Å². The maximum atomic E-state index is 14.0. The molecule has 0 atom stereocenters. The highest BCUT2D eigenvalue weighted by atomic mass is 35.5. The molecule has 1 aromatic heterocycles. The fourth-order valence-electron chi connectivity index (χ4n) is 1.96. The van der Waals surface area contributed by atoms with Crippen LogP contribution >= 0.6 is 11.6 Å². The molecule has 0 aliphatic heterocycles. The molecule has 2 aromatic rings. The first-order valence-electron chi connectivity index (χ1n) is 7.23. The number of anilines is 3. The molecule has 0 spiro atoms. The van der Waals surface area contributed by atoms with Crippen LogP contribution in [0.3, 0.4) is 0 Å². The fraction of sp³-hybridized carbons (Fsp3) is 0.111. The second-order valence-electron chi connectivity index (χ2n) is 5.34. The van der Waals surface area contributed by atoms with Crippen LogP contribution in [0, 0.1) is 5.82 Å². The fourth-order valence-corrected chi connectivity index (χ4v) is 2.09. The lowest BCUT2D eigenvalue weighted by molar-refractivity contribution is 0.632. The molecule has 1 aromatic carbocycles. The number of hydrogen-bond acceptors (Lipinski definition) is 4. The summed E-state index contributed by atoms with van der Waals surface area (Å²) in [5.41, 5.74) is 8.91. The number of nitrogens with one attached hydrogen (secondary N) is 1. The Labute approximate surface area is 145 Å². The first-order chi connectivity index (χ1) is 11.4. The molecule has 0 aliphatic rings. The zero-order chi connectivity index (χ0) is 17.7. The quantitative estimate of drug-likeness (QED) is 0.448. The van der Waals surface area contributed by atoms with Gasteiger partial charge in [0.2, 0.25) is 5.28 Å². The summed E-state index contributed by atoms with van der Waals surface area (Å²) in [4.78, 5) is 8.17. The minimum atomic E-state index is -0.446. The van der Waals surface area contributed by atoms with Gasteiger partial charge >= 0.3 is 0 Å². The minimum absolute atomic E-state index is 0.0520. The SMILES string of the molecule is C=C/C(=C\C=C(C)C)c1cnc(Cl)nc1Nc1cc(N)ccc1F. The molecule has 0 radical (unpaired) electrons. The second kappa shape index (κ2) is 7.75. The van der Waals surface area contributed by atoms with E-state index in [0.29, 0.717) is 17.1 Å². The average Bonchev–Trinajstić information content (AvgIpc) is 2.53. The van der Waals surface area contributed by atoms with Gasteiger partial charge in [0.25, 0.3) is 0 Å². The van der Waals surface area contributed by atoms with Crippen molar-refractivity contribution in [2.75, 3.05) is 11.1 Å². The molecule has 6 heteroatoms. The van der Waals surface area contributed by atoms with Gasteiger partial charge in [-0.2, -0.15) is 4.98 Å². The Morgan fingerprint density at radius 1 is 1.33 bits per heavy atom. The summed E-state index contributed by atoms with van der Waals surface area (Å²) in [7, 11) is 0. The van der Waals surface area contributed by atoms with Gasteiger partial charge in [-0.15, -0.1) is 0 Å². The zero-order valence-corrected chi connectivity index (χ0v) is 14.2. The number of halogens is 2. The van der Waals surface area contributed by atoms with Crippen LogP contribution in [0.1, 0.15) is 19.4 Å². The van der Waals surface area contributed by atoms with Crippen LogP contribution in [0.25, 0.3) is 5.57 Å². The van der Waals surface area contributed by atoms with Crippen molar-refractivity contribution < 1.29 is 4.39 Å². The molecule has 0 fully saturated rings.